The van der Waals surface area contributed by atoms with Gasteiger partial charge in [-0.1, -0.05) is 13.0 Å². The summed E-state index contributed by atoms with van der Waals surface area (Å²) in [6, 6.07) is 9.95. The highest BCUT2D eigenvalue weighted by Crippen LogP contribution is 2.33. The van der Waals surface area contributed by atoms with Gasteiger partial charge < -0.3 is 5.11 Å². The molecule has 0 bridgehead atoms. The van der Waals surface area contributed by atoms with Gasteiger partial charge in [-0.2, -0.15) is 5.10 Å². The second kappa shape index (κ2) is 6.69. The summed E-state index contributed by atoms with van der Waals surface area (Å²) in [7, 11) is 0. The lowest BCUT2D eigenvalue weighted by Crippen LogP contribution is -2.48. The Balaban J connectivity index is 1.94. The molecule has 1 N–H and O–H groups in total. The molecule has 9 nitrogen and oxygen atoms in total. The molecule has 2 aromatic rings. The number of pyridine rings is 1. The molecule has 3 heterocycles. The van der Waals surface area contributed by atoms with Gasteiger partial charge in [0.05, 0.1) is 34.3 Å². The maximum Gasteiger partial charge on any atom is 0.271 e. The number of hydrogen-bond acceptors (Lipinski definition) is 8. The van der Waals surface area contributed by atoms with E-state index in [1.54, 1.807) is 23.2 Å². The summed E-state index contributed by atoms with van der Waals surface area (Å²) in [6.45, 7) is 2.04. The van der Waals surface area contributed by atoms with Crippen molar-refractivity contribution in [2.24, 2.45) is 15.2 Å². The summed E-state index contributed by atoms with van der Waals surface area (Å²) in [6.07, 6.45) is 1.11. The Kier molecular flexibility index (Phi) is 4.21. The predicted molar refractivity (Wildman–Crippen MR) is 101 cm³/mol. The summed E-state index contributed by atoms with van der Waals surface area (Å²) in [5.41, 5.74) is 2.72. The largest absolute Gasteiger partial charge is 0.368 e. The van der Waals surface area contributed by atoms with Crippen LogP contribution < -0.4 is 4.90 Å². The van der Waals surface area contributed by atoms with Gasteiger partial charge in [0.25, 0.3) is 5.69 Å². The van der Waals surface area contributed by atoms with Crippen molar-refractivity contribution in [3.63, 3.8) is 0 Å². The maximum atomic E-state index is 11.3. The van der Waals surface area contributed by atoms with Crippen LogP contribution in [0.2, 0.25) is 0 Å². The monoisotopic (exact) mass is 364 g/mol. The normalized spacial score (nSPS) is 18.5. The minimum absolute atomic E-state index is 0.0804. The van der Waals surface area contributed by atoms with Gasteiger partial charge in [-0.05, 0) is 24.6 Å². The van der Waals surface area contributed by atoms with Crippen LogP contribution in [0.25, 0.3) is 0 Å². The topological polar surface area (TPSA) is 117 Å². The number of aliphatic imine (C=N–C) groups is 1. The first-order valence-electron chi connectivity index (χ1n) is 8.45. The second-order valence-corrected chi connectivity index (χ2v) is 6.04. The van der Waals surface area contributed by atoms with Crippen LogP contribution in [0.1, 0.15) is 24.6 Å². The van der Waals surface area contributed by atoms with E-state index in [0.717, 1.165) is 0 Å². The van der Waals surface area contributed by atoms with Crippen LogP contribution in [0, 0.1) is 10.1 Å². The van der Waals surface area contributed by atoms with Crippen molar-refractivity contribution in [3.05, 3.63) is 64.0 Å². The quantitative estimate of drug-likeness (QED) is 0.661. The van der Waals surface area contributed by atoms with Crippen LogP contribution in [0.15, 0.2) is 57.8 Å². The zero-order chi connectivity index (χ0) is 19.0. The molecule has 0 saturated heterocycles. The molecule has 0 aliphatic carbocycles. The molecule has 0 spiro atoms. The number of aliphatic hydroxyl groups is 1. The van der Waals surface area contributed by atoms with E-state index in [2.05, 4.69) is 20.2 Å². The molecule has 0 fully saturated rings. The number of benzene rings is 1. The highest BCUT2D eigenvalue weighted by atomic mass is 16.6. The first kappa shape index (κ1) is 17.0. The van der Waals surface area contributed by atoms with Crippen LogP contribution in [0.5, 0.6) is 0 Å². The van der Waals surface area contributed by atoms with E-state index in [4.69, 9.17) is 0 Å². The Hall–Kier alpha value is -3.46. The molecule has 0 radical (unpaired) electrons. The van der Waals surface area contributed by atoms with Crippen molar-refractivity contribution in [1.29, 1.82) is 0 Å². The molecule has 0 saturated carbocycles. The van der Waals surface area contributed by atoms with E-state index < -0.39 is 11.2 Å². The van der Waals surface area contributed by atoms with Crippen LogP contribution >= 0.6 is 0 Å². The zero-order valence-corrected chi connectivity index (χ0v) is 14.5. The fourth-order valence-corrected chi connectivity index (χ4v) is 3.13. The number of fused-ring (bicyclic) bond motifs is 3. The summed E-state index contributed by atoms with van der Waals surface area (Å²) < 4.78 is 0. The number of amidine groups is 1. The van der Waals surface area contributed by atoms with Crippen molar-refractivity contribution >= 4 is 28.6 Å². The zero-order valence-electron chi connectivity index (χ0n) is 14.5. The van der Waals surface area contributed by atoms with Gasteiger partial charge in [0.1, 0.15) is 0 Å². The molecule has 27 heavy (non-hydrogen) atoms. The Morgan fingerprint density at radius 1 is 1.30 bits per heavy atom. The Labute approximate surface area is 154 Å². The lowest BCUT2D eigenvalue weighted by molar-refractivity contribution is -0.384. The number of hydrogen-bond donors (Lipinski definition) is 1. The Bertz CT molecular complexity index is 999. The van der Waals surface area contributed by atoms with Crippen molar-refractivity contribution in [1.82, 2.24) is 4.98 Å². The van der Waals surface area contributed by atoms with Crippen molar-refractivity contribution < 1.29 is 10.0 Å². The minimum Gasteiger partial charge on any atom is -0.368 e. The highest BCUT2D eigenvalue weighted by Gasteiger charge is 2.34. The average molecular weight is 364 g/mol. The van der Waals surface area contributed by atoms with E-state index in [0.29, 0.717) is 40.6 Å². The summed E-state index contributed by atoms with van der Waals surface area (Å²) in [4.78, 5) is 21.4. The molecule has 136 valence electrons. The first-order chi connectivity index (χ1) is 13.1. The second-order valence-electron chi connectivity index (χ2n) is 6.04. The fourth-order valence-electron chi connectivity index (χ4n) is 3.13. The number of aliphatic hydroxyl groups excluding tert-OH is 1. The Morgan fingerprint density at radius 2 is 2.15 bits per heavy atom. The third kappa shape index (κ3) is 2.87. The minimum atomic E-state index is -1.05. The van der Waals surface area contributed by atoms with Gasteiger partial charge in [0, 0.05) is 23.9 Å². The molecule has 4 rings (SSSR count). The fraction of sp³-hybridized carbons (Fsp3) is 0.222. The van der Waals surface area contributed by atoms with Crippen LogP contribution in [0.3, 0.4) is 0 Å². The highest BCUT2D eigenvalue weighted by molar-refractivity contribution is 6.21. The van der Waals surface area contributed by atoms with Crippen LogP contribution in [-0.4, -0.2) is 45.0 Å². The lowest BCUT2D eigenvalue weighted by atomic mass is 10.0. The first-order valence-corrected chi connectivity index (χ1v) is 8.45. The molecular weight excluding hydrogens is 348 g/mol. The molecule has 1 aromatic heterocycles. The summed E-state index contributed by atoms with van der Waals surface area (Å²) >= 11 is 0. The van der Waals surface area contributed by atoms with Crippen molar-refractivity contribution in [2.45, 2.75) is 19.6 Å². The van der Waals surface area contributed by atoms with Crippen molar-refractivity contribution in [3.8, 4) is 0 Å². The SMILES string of the molecule is CCC1=NN=C2CN=C(c3ccccn3)c3ccc([N+](=O)[O-])cc3N2C1O. The van der Waals surface area contributed by atoms with E-state index in [1.807, 2.05) is 19.1 Å². The molecule has 1 aromatic carbocycles. The van der Waals surface area contributed by atoms with Crippen LogP contribution in [-0.2, 0) is 0 Å². The third-order valence-electron chi connectivity index (χ3n) is 4.47. The number of nitrogens with zero attached hydrogens (tertiary/aromatic N) is 6. The van der Waals surface area contributed by atoms with Gasteiger partial charge in [-0.25, -0.2) is 0 Å². The van der Waals surface area contributed by atoms with E-state index in [-0.39, 0.29) is 12.2 Å². The predicted octanol–water partition coefficient (Wildman–Crippen LogP) is 2.14. The number of nitro groups is 1. The molecule has 1 unspecified atom stereocenters. The number of non-ortho nitro benzene ring substituents is 1. The third-order valence-corrected chi connectivity index (χ3v) is 4.47. The number of nitro benzene ring substituents is 1. The average Bonchev–Trinajstić information content (AvgIpc) is 2.85. The standard InChI is InChI=1S/C18H16N6O3/c1-2-13-18(25)23-15-9-11(24(26)27)6-7-12(15)17(14-5-3-4-8-19-14)20-10-16(23)22-21-13/h3-9,18,25H,2,10H2,1H3. The van der Waals surface area contributed by atoms with Gasteiger partial charge in [-0.15, -0.1) is 5.10 Å². The number of anilines is 1. The van der Waals surface area contributed by atoms with E-state index >= 15 is 0 Å². The van der Waals surface area contributed by atoms with Gasteiger partial charge in [0.2, 0.25) is 0 Å². The molecule has 9 heteroatoms. The lowest BCUT2D eigenvalue weighted by Gasteiger charge is -2.32. The van der Waals surface area contributed by atoms with E-state index in [9.17, 15) is 15.2 Å². The van der Waals surface area contributed by atoms with Gasteiger partial charge in [0.15, 0.2) is 12.1 Å². The molecule has 0 amide bonds. The molecular formula is C18H16N6O3. The smallest absolute Gasteiger partial charge is 0.271 e. The Morgan fingerprint density at radius 3 is 2.85 bits per heavy atom. The van der Waals surface area contributed by atoms with E-state index in [1.165, 1.54) is 12.1 Å². The molecule has 1 atom stereocenters. The maximum absolute atomic E-state index is 11.3. The molecule has 2 aliphatic heterocycles. The number of aromatic nitrogens is 1. The molecule has 2 aliphatic rings. The van der Waals surface area contributed by atoms with Gasteiger partial charge in [-0.3, -0.25) is 25.0 Å². The number of rotatable bonds is 3. The van der Waals surface area contributed by atoms with Crippen molar-refractivity contribution in [2.75, 3.05) is 11.4 Å². The van der Waals surface area contributed by atoms with Gasteiger partial charge >= 0.3 is 0 Å². The van der Waals surface area contributed by atoms with Crippen LogP contribution in [0.4, 0.5) is 11.4 Å². The summed E-state index contributed by atoms with van der Waals surface area (Å²) in [5.74, 6) is 0.423. The summed E-state index contributed by atoms with van der Waals surface area (Å²) in [5, 5.41) is 30.4.